The van der Waals surface area contributed by atoms with Crippen LogP contribution in [0.25, 0.3) is 0 Å². The van der Waals surface area contributed by atoms with E-state index in [1.54, 1.807) is 0 Å². The van der Waals surface area contributed by atoms with Gasteiger partial charge in [-0.15, -0.1) is 0 Å². The molecule has 1 heterocycles. The summed E-state index contributed by atoms with van der Waals surface area (Å²) >= 11 is 3.61. The molecule has 2 rings (SSSR count). The standard InChI is InChI=1S/C15H17BrN4/c1-4-20-14(15(16)11(2)18-20)10-19(3)13-7-5-6-12(8-13)9-17/h5-8H,4,10H2,1-3H3. The molecule has 0 aliphatic heterocycles. The predicted octanol–water partition coefficient (Wildman–Crippen LogP) is 3.48. The second kappa shape index (κ2) is 6.10. The summed E-state index contributed by atoms with van der Waals surface area (Å²) in [6.07, 6.45) is 0. The zero-order chi connectivity index (χ0) is 14.7. The van der Waals surface area contributed by atoms with Gasteiger partial charge in [0, 0.05) is 19.3 Å². The lowest BCUT2D eigenvalue weighted by atomic mass is 10.2. The Morgan fingerprint density at radius 2 is 2.20 bits per heavy atom. The van der Waals surface area contributed by atoms with Crippen LogP contribution in [-0.2, 0) is 13.1 Å². The molecule has 0 radical (unpaired) electrons. The minimum Gasteiger partial charge on any atom is -0.369 e. The maximum Gasteiger partial charge on any atom is 0.0992 e. The summed E-state index contributed by atoms with van der Waals surface area (Å²) in [6, 6.07) is 9.79. The summed E-state index contributed by atoms with van der Waals surface area (Å²) in [5.41, 5.74) is 3.85. The molecule has 0 aliphatic rings. The van der Waals surface area contributed by atoms with Crippen LogP contribution in [0.5, 0.6) is 0 Å². The third-order valence-electron chi connectivity index (χ3n) is 3.26. The van der Waals surface area contributed by atoms with Crippen molar-refractivity contribution in [1.29, 1.82) is 5.26 Å². The number of hydrogen-bond donors (Lipinski definition) is 0. The van der Waals surface area contributed by atoms with E-state index in [1.807, 2.05) is 42.9 Å². The van der Waals surface area contributed by atoms with Gasteiger partial charge >= 0.3 is 0 Å². The van der Waals surface area contributed by atoms with E-state index in [0.29, 0.717) is 5.56 Å². The van der Waals surface area contributed by atoms with Crippen molar-refractivity contribution < 1.29 is 0 Å². The molecular weight excluding hydrogens is 316 g/mol. The second-order valence-electron chi connectivity index (χ2n) is 4.68. The summed E-state index contributed by atoms with van der Waals surface area (Å²) < 4.78 is 3.06. The molecule has 5 heteroatoms. The second-order valence-corrected chi connectivity index (χ2v) is 5.47. The predicted molar refractivity (Wildman–Crippen MR) is 83.6 cm³/mol. The van der Waals surface area contributed by atoms with Crippen molar-refractivity contribution in [2.24, 2.45) is 0 Å². The summed E-state index contributed by atoms with van der Waals surface area (Å²) in [7, 11) is 2.02. The van der Waals surface area contributed by atoms with Crippen LogP contribution in [0.15, 0.2) is 28.7 Å². The van der Waals surface area contributed by atoms with E-state index in [0.717, 1.165) is 34.6 Å². The van der Waals surface area contributed by atoms with Gasteiger partial charge in [-0.2, -0.15) is 10.4 Å². The number of benzene rings is 1. The Balaban J connectivity index is 2.27. The number of rotatable bonds is 4. The number of halogens is 1. The fraction of sp³-hybridized carbons (Fsp3) is 0.333. The molecule has 0 bridgehead atoms. The fourth-order valence-corrected chi connectivity index (χ4v) is 2.56. The van der Waals surface area contributed by atoms with Gasteiger partial charge in [0.25, 0.3) is 0 Å². The third kappa shape index (κ3) is 2.86. The molecule has 104 valence electrons. The monoisotopic (exact) mass is 332 g/mol. The summed E-state index contributed by atoms with van der Waals surface area (Å²) in [5, 5.41) is 13.5. The van der Waals surface area contributed by atoms with Crippen LogP contribution in [0.2, 0.25) is 0 Å². The highest BCUT2D eigenvalue weighted by Gasteiger charge is 2.14. The highest BCUT2D eigenvalue weighted by Crippen LogP contribution is 2.24. The van der Waals surface area contributed by atoms with E-state index in [2.05, 4.69) is 38.9 Å². The lowest BCUT2D eigenvalue weighted by molar-refractivity contribution is 0.612. The van der Waals surface area contributed by atoms with E-state index in [4.69, 9.17) is 5.26 Å². The van der Waals surface area contributed by atoms with Gasteiger partial charge in [0.05, 0.1) is 34.0 Å². The number of nitriles is 1. The van der Waals surface area contributed by atoms with Gasteiger partial charge < -0.3 is 4.90 Å². The summed E-state index contributed by atoms with van der Waals surface area (Å²) in [6.45, 7) is 5.66. The largest absolute Gasteiger partial charge is 0.369 e. The van der Waals surface area contributed by atoms with E-state index in [9.17, 15) is 0 Å². The molecule has 0 amide bonds. The number of aromatic nitrogens is 2. The van der Waals surface area contributed by atoms with Gasteiger partial charge in [-0.3, -0.25) is 4.68 Å². The van der Waals surface area contributed by atoms with Gasteiger partial charge in [-0.1, -0.05) is 6.07 Å². The molecule has 1 aromatic heterocycles. The SMILES string of the molecule is CCn1nc(C)c(Br)c1CN(C)c1cccc(C#N)c1. The molecule has 0 aliphatic carbocycles. The Bertz CT molecular complexity index is 654. The van der Waals surface area contributed by atoms with E-state index >= 15 is 0 Å². The smallest absolute Gasteiger partial charge is 0.0992 e. The maximum atomic E-state index is 8.97. The van der Waals surface area contributed by atoms with Gasteiger partial charge in [-0.25, -0.2) is 0 Å². The maximum absolute atomic E-state index is 8.97. The number of anilines is 1. The third-order valence-corrected chi connectivity index (χ3v) is 4.29. The van der Waals surface area contributed by atoms with E-state index < -0.39 is 0 Å². The van der Waals surface area contributed by atoms with Gasteiger partial charge in [0.1, 0.15) is 0 Å². The molecule has 0 saturated carbocycles. The van der Waals surface area contributed by atoms with Crippen molar-refractivity contribution in [3.8, 4) is 6.07 Å². The minimum atomic E-state index is 0.675. The van der Waals surface area contributed by atoms with Crippen LogP contribution < -0.4 is 4.90 Å². The molecule has 2 aromatic rings. The first-order valence-electron chi connectivity index (χ1n) is 6.50. The van der Waals surface area contributed by atoms with Crippen LogP contribution in [0.1, 0.15) is 23.9 Å². The molecule has 0 unspecified atom stereocenters. The normalized spacial score (nSPS) is 10.3. The minimum absolute atomic E-state index is 0.675. The first kappa shape index (κ1) is 14.6. The number of hydrogen-bond acceptors (Lipinski definition) is 3. The van der Waals surface area contributed by atoms with Gasteiger partial charge in [0.15, 0.2) is 0 Å². The Labute approximate surface area is 127 Å². The van der Waals surface area contributed by atoms with Crippen molar-refractivity contribution >= 4 is 21.6 Å². The summed E-state index contributed by atoms with van der Waals surface area (Å²) in [4.78, 5) is 2.12. The Kier molecular flexibility index (Phi) is 4.46. The zero-order valence-electron chi connectivity index (χ0n) is 11.9. The molecule has 0 saturated heterocycles. The van der Waals surface area contributed by atoms with Gasteiger partial charge in [-0.05, 0) is 48.0 Å². The molecule has 0 atom stereocenters. The number of nitrogens with zero attached hydrogens (tertiary/aromatic N) is 4. The van der Waals surface area contributed by atoms with Crippen LogP contribution in [0, 0.1) is 18.3 Å². The molecule has 0 N–H and O–H groups in total. The fourth-order valence-electron chi connectivity index (χ4n) is 2.15. The van der Waals surface area contributed by atoms with Crippen molar-refractivity contribution in [2.75, 3.05) is 11.9 Å². The Morgan fingerprint density at radius 1 is 1.45 bits per heavy atom. The lowest BCUT2D eigenvalue weighted by Gasteiger charge is -2.20. The van der Waals surface area contributed by atoms with Gasteiger partial charge in [0.2, 0.25) is 0 Å². The van der Waals surface area contributed by atoms with E-state index in [1.165, 1.54) is 0 Å². The highest BCUT2D eigenvalue weighted by molar-refractivity contribution is 9.10. The number of aryl methyl sites for hydroxylation is 2. The Hall–Kier alpha value is -1.80. The quantitative estimate of drug-likeness (QED) is 0.860. The average molecular weight is 333 g/mol. The highest BCUT2D eigenvalue weighted by atomic mass is 79.9. The van der Waals surface area contributed by atoms with Crippen LogP contribution >= 0.6 is 15.9 Å². The van der Waals surface area contributed by atoms with Crippen LogP contribution in [0.3, 0.4) is 0 Å². The van der Waals surface area contributed by atoms with Crippen molar-refractivity contribution in [1.82, 2.24) is 9.78 Å². The lowest BCUT2D eigenvalue weighted by Crippen LogP contribution is -2.19. The first-order valence-corrected chi connectivity index (χ1v) is 7.29. The molecule has 20 heavy (non-hydrogen) atoms. The summed E-state index contributed by atoms with van der Waals surface area (Å²) in [5.74, 6) is 0. The molecular formula is C15H17BrN4. The molecule has 0 fully saturated rings. The molecule has 0 spiro atoms. The van der Waals surface area contributed by atoms with Crippen LogP contribution in [-0.4, -0.2) is 16.8 Å². The molecule has 1 aromatic carbocycles. The van der Waals surface area contributed by atoms with Crippen LogP contribution in [0.4, 0.5) is 5.69 Å². The van der Waals surface area contributed by atoms with Crippen molar-refractivity contribution in [3.63, 3.8) is 0 Å². The van der Waals surface area contributed by atoms with E-state index in [-0.39, 0.29) is 0 Å². The average Bonchev–Trinajstić information content (AvgIpc) is 2.75. The first-order chi connectivity index (χ1) is 9.56. The Morgan fingerprint density at radius 3 is 2.85 bits per heavy atom. The molecule has 4 nitrogen and oxygen atoms in total. The topological polar surface area (TPSA) is 44.9 Å². The van der Waals surface area contributed by atoms with Crippen molar-refractivity contribution in [3.05, 3.63) is 45.7 Å². The zero-order valence-corrected chi connectivity index (χ0v) is 13.5. The van der Waals surface area contributed by atoms with Crippen molar-refractivity contribution in [2.45, 2.75) is 26.9 Å².